The fraction of sp³-hybridized carbons (Fsp3) is 0.211. The van der Waals surface area contributed by atoms with Crippen molar-refractivity contribution >= 4 is 45.1 Å². The fourth-order valence-corrected chi connectivity index (χ4v) is 4.82. The van der Waals surface area contributed by atoms with Crippen molar-refractivity contribution in [2.24, 2.45) is 0 Å². The topological polar surface area (TPSA) is 53.5 Å². The molecule has 1 saturated heterocycles. The SMILES string of the molecule is O=C(CSc1nc2ccccc2s1)N1CCN(C(=O)c2ccccc2)C1. The van der Waals surface area contributed by atoms with Gasteiger partial charge in [-0.15, -0.1) is 11.3 Å². The molecule has 0 unspecified atom stereocenters. The second-order valence-corrected chi connectivity index (χ2v) is 8.22. The van der Waals surface area contributed by atoms with E-state index < -0.39 is 0 Å². The second kappa shape index (κ2) is 7.47. The van der Waals surface area contributed by atoms with Crippen LogP contribution in [0.5, 0.6) is 0 Å². The quantitative estimate of drug-likeness (QED) is 0.649. The molecule has 0 saturated carbocycles. The van der Waals surface area contributed by atoms with Crippen LogP contribution in [0, 0.1) is 0 Å². The Hall–Kier alpha value is -2.38. The lowest BCUT2D eigenvalue weighted by Crippen LogP contribution is -2.34. The van der Waals surface area contributed by atoms with Crippen LogP contribution >= 0.6 is 23.1 Å². The highest BCUT2D eigenvalue weighted by atomic mass is 32.2. The highest BCUT2D eigenvalue weighted by Crippen LogP contribution is 2.29. The summed E-state index contributed by atoms with van der Waals surface area (Å²) in [6, 6.07) is 17.1. The highest BCUT2D eigenvalue weighted by Gasteiger charge is 2.28. The number of thiazole rings is 1. The number of fused-ring (bicyclic) bond motifs is 1. The number of rotatable bonds is 4. The van der Waals surface area contributed by atoms with E-state index in [1.54, 1.807) is 33.3 Å². The Labute approximate surface area is 159 Å². The summed E-state index contributed by atoms with van der Waals surface area (Å²) in [6.07, 6.45) is 0. The van der Waals surface area contributed by atoms with E-state index in [1.165, 1.54) is 11.8 Å². The summed E-state index contributed by atoms with van der Waals surface area (Å²) in [4.78, 5) is 32.9. The average molecular weight is 383 g/mol. The Bertz CT molecular complexity index is 909. The molecule has 0 bridgehead atoms. The molecule has 1 fully saturated rings. The van der Waals surface area contributed by atoms with E-state index in [0.717, 1.165) is 14.6 Å². The molecule has 2 amide bonds. The molecule has 5 nitrogen and oxygen atoms in total. The van der Waals surface area contributed by atoms with Gasteiger partial charge < -0.3 is 9.80 Å². The van der Waals surface area contributed by atoms with Crippen molar-refractivity contribution < 1.29 is 9.59 Å². The maximum Gasteiger partial charge on any atom is 0.255 e. The number of aromatic nitrogens is 1. The van der Waals surface area contributed by atoms with Gasteiger partial charge in [-0.3, -0.25) is 9.59 Å². The van der Waals surface area contributed by atoms with Crippen molar-refractivity contribution in [2.75, 3.05) is 25.5 Å². The summed E-state index contributed by atoms with van der Waals surface area (Å²) < 4.78 is 2.03. The average Bonchev–Trinajstić information content (AvgIpc) is 3.33. The summed E-state index contributed by atoms with van der Waals surface area (Å²) in [7, 11) is 0. The monoisotopic (exact) mass is 383 g/mol. The summed E-state index contributed by atoms with van der Waals surface area (Å²) in [6.45, 7) is 1.51. The molecule has 0 radical (unpaired) electrons. The number of carbonyl (C=O) groups excluding carboxylic acids is 2. The van der Waals surface area contributed by atoms with Crippen molar-refractivity contribution in [3.63, 3.8) is 0 Å². The van der Waals surface area contributed by atoms with E-state index >= 15 is 0 Å². The second-order valence-electron chi connectivity index (χ2n) is 5.97. The minimum Gasteiger partial charge on any atom is -0.322 e. The number of thioether (sulfide) groups is 1. The molecule has 26 heavy (non-hydrogen) atoms. The largest absolute Gasteiger partial charge is 0.322 e. The van der Waals surface area contributed by atoms with Crippen LogP contribution in [0.1, 0.15) is 10.4 Å². The molecule has 0 spiro atoms. The van der Waals surface area contributed by atoms with Crippen LogP contribution in [0.15, 0.2) is 58.9 Å². The van der Waals surface area contributed by atoms with Gasteiger partial charge in [-0.25, -0.2) is 4.98 Å². The molecule has 7 heteroatoms. The molecule has 4 rings (SSSR count). The standard InChI is InChI=1S/C19H17N3O2S2/c23-17(12-25-19-20-15-8-4-5-9-16(15)26-19)21-10-11-22(13-21)18(24)14-6-2-1-3-7-14/h1-9H,10-13H2. The van der Waals surface area contributed by atoms with E-state index in [-0.39, 0.29) is 11.8 Å². The van der Waals surface area contributed by atoms with Crippen LogP contribution in [0.3, 0.4) is 0 Å². The van der Waals surface area contributed by atoms with Crippen molar-refractivity contribution in [3.05, 3.63) is 60.2 Å². The van der Waals surface area contributed by atoms with Gasteiger partial charge in [-0.2, -0.15) is 0 Å². The third-order valence-electron chi connectivity index (χ3n) is 4.24. The van der Waals surface area contributed by atoms with E-state index in [0.29, 0.717) is 31.1 Å². The van der Waals surface area contributed by atoms with Crippen LogP contribution in [0.2, 0.25) is 0 Å². The molecule has 2 aromatic carbocycles. The zero-order valence-corrected chi connectivity index (χ0v) is 15.6. The number of amides is 2. The number of carbonyl (C=O) groups is 2. The molecule has 1 aromatic heterocycles. The summed E-state index contributed by atoms with van der Waals surface area (Å²) >= 11 is 3.06. The minimum absolute atomic E-state index is 0.0280. The predicted octanol–water partition coefficient (Wildman–Crippen LogP) is 3.33. The third kappa shape index (κ3) is 3.59. The van der Waals surface area contributed by atoms with Gasteiger partial charge in [0.2, 0.25) is 5.91 Å². The Morgan fingerprint density at radius 2 is 1.73 bits per heavy atom. The van der Waals surface area contributed by atoms with Crippen molar-refractivity contribution in [1.29, 1.82) is 0 Å². The summed E-state index contributed by atoms with van der Waals surface area (Å²) in [5, 5.41) is 0. The smallest absolute Gasteiger partial charge is 0.255 e. The zero-order valence-electron chi connectivity index (χ0n) is 14.0. The highest BCUT2D eigenvalue weighted by molar-refractivity contribution is 8.01. The Balaban J connectivity index is 1.33. The van der Waals surface area contributed by atoms with Crippen LogP contribution in [-0.2, 0) is 4.79 Å². The van der Waals surface area contributed by atoms with Gasteiger partial charge in [0.1, 0.15) is 0 Å². The molecule has 132 valence electrons. The lowest BCUT2D eigenvalue weighted by Gasteiger charge is -2.18. The molecule has 1 aliphatic rings. The minimum atomic E-state index is -0.0280. The number of hydrogen-bond donors (Lipinski definition) is 0. The van der Waals surface area contributed by atoms with Crippen LogP contribution < -0.4 is 0 Å². The molecular formula is C19H17N3O2S2. The van der Waals surface area contributed by atoms with E-state index in [1.807, 2.05) is 42.5 Å². The van der Waals surface area contributed by atoms with Crippen molar-refractivity contribution in [1.82, 2.24) is 14.8 Å². The van der Waals surface area contributed by atoms with Crippen LogP contribution in [0.4, 0.5) is 0 Å². The molecule has 2 heterocycles. The number of para-hydroxylation sites is 1. The third-order valence-corrected chi connectivity index (χ3v) is 6.40. The van der Waals surface area contributed by atoms with Crippen molar-refractivity contribution in [3.8, 4) is 0 Å². The van der Waals surface area contributed by atoms with Gasteiger partial charge in [0.15, 0.2) is 4.34 Å². The molecule has 0 atom stereocenters. The first-order valence-corrected chi connectivity index (χ1v) is 10.1. The van der Waals surface area contributed by atoms with Crippen molar-refractivity contribution in [2.45, 2.75) is 4.34 Å². The van der Waals surface area contributed by atoms with E-state index in [4.69, 9.17) is 0 Å². The van der Waals surface area contributed by atoms with Gasteiger partial charge in [-0.1, -0.05) is 42.1 Å². The number of benzene rings is 2. The van der Waals surface area contributed by atoms with Crippen LogP contribution in [0.25, 0.3) is 10.2 Å². The Morgan fingerprint density at radius 3 is 2.54 bits per heavy atom. The Morgan fingerprint density at radius 1 is 1.00 bits per heavy atom. The van der Waals surface area contributed by atoms with E-state index in [9.17, 15) is 9.59 Å². The number of hydrogen-bond acceptors (Lipinski definition) is 5. The van der Waals surface area contributed by atoms with Gasteiger partial charge in [0.05, 0.1) is 22.6 Å². The molecular weight excluding hydrogens is 366 g/mol. The van der Waals surface area contributed by atoms with Gasteiger partial charge in [0, 0.05) is 18.7 Å². The first-order chi connectivity index (χ1) is 12.7. The van der Waals surface area contributed by atoms with E-state index in [2.05, 4.69) is 4.98 Å². The molecule has 3 aromatic rings. The molecule has 1 aliphatic heterocycles. The summed E-state index contributed by atoms with van der Waals surface area (Å²) in [5.74, 6) is 0.352. The fourth-order valence-electron chi connectivity index (χ4n) is 2.85. The zero-order chi connectivity index (χ0) is 17.9. The maximum atomic E-state index is 12.5. The molecule has 0 aliphatic carbocycles. The first kappa shape index (κ1) is 17.1. The lowest BCUT2D eigenvalue weighted by atomic mass is 10.2. The normalized spacial score (nSPS) is 14.2. The maximum absolute atomic E-state index is 12.5. The predicted molar refractivity (Wildman–Crippen MR) is 104 cm³/mol. The van der Waals surface area contributed by atoms with Gasteiger partial charge >= 0.3 is 0 Å². The lowest BCUT2D eigenvalue weighted by molar-refractivity contribution is -0.127. The van der Waals surface area contributed by atoms with Gasteiger partial charge in [-0.05, 0) is 24.3 Å². The first-order valence-electron chi connectivity index (χ1n) is 8.31. The number of nitrogens with zero attached hydrogens (tertiary/aromatic N) is 3. The molecule has 0 N–H and O–H groups in total. The van der Waals surface area contributed by atoms with Crippen LogP contribution in [-0.4, -0.2) is 52.1 Å². The summed E-state index contributed by atoms with van der Waals surface area (Å²) in [5.41, 5.74) is 1.62. The Kier molecular flexibility index (Phi) is 4.90. The van der Waals surface area contributed by atoms with Gasteiger partial charge in [0.25, 0.3) is 5.91 Å².